The molecule has 0 unspecified atom stereocenters. The highest BCUT2D eigenvalue weighted by molar-refractivity contribution is 6.01. The molecule has 0 saturated carbocycles. The molecule has 0 fully saturated rings. The Hall–Kier alpha value is -4.05. The van der Waals surface area contributed by atoms with Crippen molar-refractivity contribution in [1.82, 2.24) is 5.01 Å². The van der Waals surface area contributed by atoms with Crippen LogP contribution in [0.3, 0.4) is 0 Å². The van der Waals surface area contributed by atoms with Crippen molar-refractivity contribution < 1.29 is 9.47 Å². The molecule has 4 aromatic carbocycles. The van der Waals surface area contributed by atoms with Gasteiger partial charge < -0.3 is 9.47 Å². The largest absolute Gasteiger partial charge is 0.489 e. The van der Waals surface area contributed by atoms with E-state index in [9.17, 15) is 0 Å². The lowest BCUT2D eigenvalue weighted by atomic mass is 9.96. The number of rotatable bonds is 5. The van der Waals surface area contributed by atoms with E-state index in [0.29, 0.717) is 6.61 Å². The lowest BCUT2D eigenvalue weighted by molar-refractivity contribution is -0.0190. The minimum Gasteiger partial charge on any atom is -0.489 e. The van der Waals surface area contributed by atoms with Gasteiger partial charge in [0.1, 0.15) is 18.1 Å². The van der Waals surface area contributed by atoms with Crippen molar-refractivity contribution in [1.29, 1.82) is 0 Å². The van der Waals surface area contributed by atoms with Crippen molar-refractivity contribution in [3.63, 3.8) is 0 Å². The Morgan fingerprint density at radius 2 is 1.48 bits per heavy atom. The average molecular weight is 433 g/mol. The van der Waals surface area contributed by atoms with Gasteiger partial charge in [-0.1, -0.05) is 78.9 Å². The van der Waals surface area contributed by atoms with Gasteiger partial charge in [0.05, 0.1) is 11.8 Å². The first-order valence-electron chi connectivity index (χ1n) is 11.3. The fraction of sp³-hybridized carbons (Fsp3) is 0.138. The maximum Gasteiger partial charge on any atom is 0.213 e. The molecule has 4 nitrogen and oxygen atoms in total. The number of ether oxygens (including phenoxy) is 2. The van der Waals surface area contributed by atoms with Crippen molar-refractivity contribution in [2.24, 2.45) is 5.10 Å². The predicted octanol–water partition coefficient (Wildman–Crippen LogP) is 6.51. The Balaban J connectivity index is 1.28. The van der Waals surface area contributed by atoms with E-state index in [4.69, 9.17) is 14.6 Å². The summed E-state index contributed by atoms with van der Waals surface area (Å²) in [5, 5.41) is 7.14. The van der Waals surface area contributed by atoms with Gasteiger partial charge in [0.25, 0.3) is 0 Å². The number of hydrogen-bond acceptors (Lipinski definition) is 4. The molecule has 33 heavy (non-hydrogen) atoms. The van der Waals surface area contributed by atoms with E-state index in [0.717, 1.165) is 40.3 Å². The molecule has 2 atom stereocenters. The number of para-hydroxylation sites is 1. The molecule has 4 aromatic rings. The molecule has 0 N–H and O–H groups in total. The first-order valence-corrected chi connectivity index (χ1v) is 11.3. The van der Waals surface area contributed by atoms with Crippen molar-refractivity contribution in [2.75, 3.05) is 0 Å². The maximum absolute atomic E-state index is 6.46. The Morgan fingerprint density at radius 1 is 0.788 bits per heavy atom. The number of fused-ring (bicyclic) bond motifs is 3. The number of hydrogen-bond donors (Lipinski definition) is 0. The molecule has 4 heteroatoms. The van der Waals surface area contributed by atoms with Crippen LogP contribution in [0.4, 0.5) is 0 Å². The molecule has 0 radical (unpaired) electrons. The number of benzene rings is 4. The second kappa shape index (κ2) is 8.47. The fourth-order valence-corrected chi connectivity index (χ4v) is 4.53. The van der Waals surface area contributed by atoms with E-state index in [2.05, 4.69) is 71.7 Å². The molecule has 6 rings (SSSR count). The van der Waals surface area contributed by atoms with Gasteiger partial charge >= 0.3 is 0 Å². The first kappa shape index (κ1) is 19.6. The van der Waals surface area contributed by atoms with Crippen LogP contribution in [0.15, 0.2) is 114 Å². The zero-order chi connectivity index (χ0) is 22.0. The Labute approximate surface area is 193 Å². The van der Waals surface area contributed by atoms with Gasteiger partial charge in [-0.2, -0.15) is 5.10 Å². The highest BCUT2D eigenvalue weighted by Crippen LogP contribution is 2.47. The summed E-state index contributed by atoms with van der Waals surface area (Å²) >= 11 is 0. The van der Waals surface area contributed by atoms with Gasteiger partial charge in [-0.3, -0.25) is 0 Å². The number of hydrazone groups is 1. The third-order valence-electron chi connectivity index (χ3n) is 6.22. The predicted molar refractivity (Wildman–Crippen MR) is 129 cm³/mol. The van der Waals surface area contributed by atoms with E-state index in [1.165, 1.54) is 5.56 Å². The monoisotopic (exact) mass is 432 g/mol. The summed E-state index contributed by atoms with van der Waals surface area (Å²) in [6, 6.07) is 37.2. The van der Waals surface area contributed by atoms with E-state index in [1.54, 1.807) is 0 Å². The van der Waals surface area contributed by atoms with Gasteiger partial charge in [-0.25, -0.2) is 5.01 Å². The van der Waals surface area contributed by atoms with Crippen molar-refractivity contribution in [3.05, 3.63) is 131 Å². The van der Waals surface area contributed by atoms with Crippen LogP contribution in [-0.4, -0.2) is 10.7 Å². The molecule has 162 valence electrons. The van der Waals surface area contributed by atoms with Crippen LogP contribution in [0.5, 0.6) is 11.5 Å². The quantitative estimate of drug-likeness (QED) is 0.361. The zero-order valence-electron chi connectivity index (χ0n) is 18.2. The van der Waals surface area contributed by atoms with Crippen LogP contribution in [0.2, 0.25) is 0 Å². The minimum absolute atomic E-state index is 0.157. The molecule has 2 aliphatic rings. The summed E-state index contributed by atoms with van der Waals surface area (Å²) in [4.78, 5) is 0. The van der Waals surface area contributed by atoms with Gasteiger partial charge in [-0.15, -0.1) is 0 Å². The van der Waals surface area contributed by atoms with Crippen LogP contribution in [0.25, 0.3) is 0 Å². The molecule has 2 heterocycles. The third kappa shape index (κ3) is 3.85. The summed E-state index contributed by atoms with van der Waals surface area (Å²) in [5.41, 5.74) is 5.64. The van der Waals surface area contributed by atoms with E-state index in [-0.39, 0.29) is 12.3 Å². The summed E-state index contributed by atoms with van der Waals surface area (Å²) in [6.07, 6.45) is 0.577. The van der Waals surface area contributed by atoms with Crippen LogP contribution in [0, 0.1) is 0 Å². The van der Waals surface area contributed by atoms with E-state index >= 15 is 0 Å². The first-order chi connectivity index (χ1) is 16.3. The summed E-state index contributed by atoms with van der Waals surface area (Å²) in [5.74, 6) is 1.77. The van der Waals surface area contributed by atoms with Crippen molar-refractivity contribution in [2.45, 2.75) is 25.3 Å². The van der Waals surface area contributed by atoms with Gasteiger partial charge in [0.15, 0.2) is 0 Å². The van der Waals surface area contributed by atoms with E-state index in [1.807, 2.05) is 42.5 Å². The van der Waals surface area contributed by atoms with Crippen molar-refractivity contribution in [3.8, 4) is 11.5 Å². The highest BCUT2D eigenvalue weighted by Gasteiger charge is 2.40. The molecular formula is C29H24N2O2. The fourth-order valence-electron chi connectivity index (χ4n) is 4.53. The second-order valence-electron chi connectivity index (χ2n) is 8.36. The summed E-state index contributed by atoms with van der Waals surface area (Å²) in [7, 11) is 0. The molecule has 0 amide bonds. The van der Waals surface area contributed by atoms with Gasteiger partial charge in [0.2, 0.25) is 6.23 Å². The molecule has 0 bridgehead atoms. The Bertz CT molecular complexity index is 1270. The Morgan fingerprint density at radius 3 is 2.27 bits per heavy atom. The van der Waals surface area contributed by atoms with E-state index < -0.39 is 0 Å². The highest BCUT2D eigenvalue weighted by atomic mass is 16.5. The second-order valence-corrected chi connectivity index (χ2v) is 8.36. The molecule has 0 aliphatic carbocycles. The molecule has 2 aliphatic heterocycles. The average Bonchev–Trinajstić information content (AvgIpc) is 3.34. The Kier molecular flexibility index (Phi) is 5.04. The lowest BCUT2D eigenvalue weighted by Gasteiger charge is -2.38. The van der Waals surface area contributed by atoms with Crippen LogP contribution in [0.1, 0.15) is 40.9 Å². The topological polar surface area (TPSA) is 34.1 Å². The minimum atomic E-state index is -0.283. The maximum atomic E-state index is 6.46. The normalized spacial score (nSPS) is 18.7. The molecule has 0 spiro atoms. The molecule has 0 saturated heterocycles. The van der Waals surface area contributed by atoms with Crippen LogP contribution >= 0.6 is 0 Å². The summed E-state index contributed by atoms with van der Waals surface area (Å²) in [6.45, 7) is 0.548. The number of nitrogens with zero attached hydrogens (tertiary/aromatic N) is 2. The molecule has 0 aromatic heterocycles. The zero-order valence-corrected chi connectivity index (χ0v) is 18.2. The van der Waals surface area contributed by atoms with Crippen LogP contribution in [-0.2, 0) is 6.61 Å². The SMILES string of the molecule is c1ccc(COc2ccc([C@@H]3Oc4ccccc4[C@@H]4CC(c5ccccc5)=NN43)cc2)cc1. The standard InChI is InChI=1S/C29H24N2O2/c1-3-9-21(10-4-1)20-32-24-17-15-23(16-18-24)29-31-27(25-13-7-8-14-28(25)33-29)19-26(30-31)22-11-5-2-6-12-22/h1-18,27,29H,19-20H2/t27-,29-/m0/s1. The third-order valence-corrected chi connectivity index (χ3v) is 6.22. The summed E-state index contributed by atoms with van der Waals surface area (Å²) < 4.78 is 12.4. The molecular weight excluding hydrogens is 408 g/mol. The van der Waals surface area contributed by atoms with Crippen LogP contribution < -0.4 is 9.47 Å². The van der Waals surface area contributed by atoms with Gasteiger partial charge in [-0.05, 0) is 41.5 Å². The lowest BCUT2D eigenvalue weighted by Crippen LogP contribution is -2.33. The smallest absolute Gasteiger partial charge is 0.213 e. The van der Waals surface area contributed by atoms with Gasteiger partial charge in [0, 0.05) is 17.5 Å². The van der Waals surface area contributed by atoms with Crippen molar-refractivity contribution >= 4 is 5.71 Å².